The highest BCUT2D eigenvalue weighted by molar-refractivity contribution is 5.39. The zero-order chi connectivity index (χ0) is 8.85. The highest BCUT2D eigenvalue weighted by Crippen LogP contribution is 2.13. The van der Waals surface area contributed by atoms with Crippen LogP contribution in [0.1, 0.15) is 19.5 Å². The van der Waals surface area contributed by atoms with Gasteiger partial charge in [0.15, 0.2) is 0 Å². The Balaban J connectivity index is 0.000000461. The van der Waals surface area contributed by atoms with Crippen molar-refractivity contribution in [3.05, 3.63) is 29.2 Å². The van der Waals surface area contributed by atoms with Crippen molar-refractivity contribution in [1.29, 1.82) is 0 Å². The Kier molecular flexibility index (Phi) is 4.05. The highest BCUT2D eigenvalue weighted by atomic mass is 15.0. The van der Waals surface area contributed by atoms with Crippen molar-refractivity contribution in [2.24, 2.45) is 7.05 Å². The van der Waals surface area contributed by atoms with E-state index in [1.165, 1.54) is 0 Å². The van der Waals surface area contributed by atoms with Crippen molar-refractivity contribution in [3.8, 4) is 0 Å². The molecule has 0 spiro atoms. The van der Waals surface area contributed by atoms with E-state index in [-0.39, 0.29) is 0 Å². The van der Waals surface area contributed by atoms with Gasteiger partial charge in [-0.25, -0.2) is 0 Å². The Morgan fingerprint density at radius 2 is 1.91 bits per heavy atom. The Bertz CT molecular complexity index is 253. The maximum Gasteiger partial charge on any atom is 0.230 e. The van der Waals surface area contributed by atoms with E-state index < -0.39 is 0 Å². The third-order valence-corrected chi connectivity index (χ3v) is 1.46. The first-order chi connectivity index (χ1) is 5.25. The molecule has 0 bridgehead atoms. The molecule has 60 valence electrons. The fraction of sp³-hybridized carbons (Fsp3) is 0.444. The molecule has 1 heterocycles. The Labute approximate surface area is 68.3 Å². The molecule has 0 saturated carbocycles. The van der Waals surface area contributed by atoms with E-state index in [2.05, 4.69) is 4.85 Å². The van der Waals surface area contributed by atoms with Gasteiger partial charge in [0.05, 0.1) is 12.7 Å². The third-order valence-electron chi connectivity index (χ3n) is 1.46. The first kappa shape index (κ1) is 9.77. The maximum absolute atomic E-state index is 6.70. The van der Waals surface area contributed by atoms with Crippen LogP contribution in [0.2, 0.25) is 0 Å². The van der Waals surface area contributed by atoms with Crippen LogP contribution >= 0.6 is 0 Å². The van der Waals surface area contributed by atoms with Crippen molar-refractivity contribution in [1.82, 2.24) is 4.57 Å². The van der Waals surface area contributed by atoms with Gasteiger partial charge in [-0.2, -0.15) is 0 Å². The molecule has 0 aliphatic carbocycles. The summed E-state index contributed by atoms with van der Waals surface area (Å²) in [6.45, 7) is 12.7. The fourth-order valence-electron chi connectivity index (χ4n) is 0.712. The van der Waals surface area contributed by atoms with Gasteiger partial charge in [0.2, 0.25) is 5.82 Å². The second-order valence-corrected chi connectivity index (χ2v) is 2.00. The van der Waals surface area contributed by atoms with Gasteiger partial charge >= 0.3 is 0 Å². The zero-order valence-corrected chi connectivity index (χ0v) is 7.55. The van der Waals surface area contributed by atoms with Crippen LogP contribution in [0, 0.1) is 13.5 Å². The normalized spacial score (nSPS) is 7.91. The van der Waals surface area contributed by atoms with Crippen LogP contribution in [0.3, 0.4) is 0 Å². The molecular weight excluding hydrogens is 136 g/mol. The largest absolute Gasteiger partial charge is 0.364 e. The minimum absolute atomic E-state index is 0.701. The molecule has 2 heteroatoms. The summed E-state index contributed by atoms with van der Waals surface area (Å²) in [5.41, 5.74) is 1.13. The third kappa shape index (κ3) is 2.12. The van der Waals surface area contributed by atoms with E-state index in [9.17, 15) is 0 Å². The number of hydrogen-bond donors (Lipinski definition) is 0. The van der Waals surface area contributed by atoms with Gasteiger partial charge in [-0.05, 0) is 19.1 Å². The molecule has 0 unspecified atom stereocenters. The summed E-state index contributed by atoms with van der Waals surface area (Å²) in [6, 6.07) is 3.76. The van der Waals surface area contributed by atoms with Crippen molar-refractivity contribution in [2.45, 2.75) is 20.8 Å². The minimum Gasteiger partial charge on any atom is -0.364 e. The monoisotopic (exact) mass is 150 g/mol. The lowest BCUT2D eigenvalue weighted by molar-refractivity contribution is 0.899. The molecule has 2 nitrogen and oxygen atoms in total. The second-order valence-electron chi connectivity index (χ2n) is 2.00. The summed E-state index contributed by atoms with van der Waals surface area (Å²) >= 11 is 0. The van der Waals surface area contributed by atoms with Crippen LogP contribution in [0.25, 0.3) is 4.85 Å². The first-order valence-electron chi connectivity index (χ1n) is 3.75. The minimum atomic E-state index is 0.701. The second kappa shape index (κ2) is 4.56. The molecule has 0 fully saturated rings. The molecule has 1 aromatic rings. The molecule has 11 heavy (non-hydrogen) atoms. The molecule has 0 N–H and O–H groups in total. The van der Waals surface area contributed by atoms with Gasteiger partial charge in [0.1, 0.15) is 0 Å². The van der Waals surface area contributed by atoms with Crippen LogP contribution in [0.5, 0.6) is 0 Å². The van der Waals surface area contributed by atoms with Gasteiger partial charge in [0, 0.05) is 0 Å². The van der Waals surface area contributed by atoms with Crippen LogP contribution in [0.4, 0.5) is 5.82 Å². The van der Waals surface area contributed by atoms with Crippen LogP contribution < -0.4 is 0 Å². The standard InChI is InChI=1S/C7H8N2.C2H6/c1-6-4-5-7(8-2)9(6)3;1-2/h4-5H,1,3H3;1-2H3. The topological polar surface area (TPSA) is 9.29 Å². The summed E-state index contributed by atoms with van der Waals surface area (Å²) in [6.07, 6.45) is 0. The van der Waals surface area contributed by atoms with Gasteiger partial charge < -0.3 is 9.41 Å². The van der Waals surface area contributed by atoms with E-state index in [1.807, 2.05) is 44.5 Å². The van der Waals surface area contributed by atoms with Gasteiger partial charge in [0.25, 0.3) is 0 Å². The summed E-state index contributed by atoms with van der Waals surface area (Å²) in [4.78, 5) is 3.30. The van der Waals surface area contributed by atoms with Gasteiger partial charge in [-0.15, -0.1) is 0 Å². The quantitative estimate of drug-likeness (QED) is 0.503. The van der Waals surface area contributed by atoms with Gasteiger partial charge in [-0.3, -0.25) is 0 Å². The van der Waals surface area contributed by atoms with Crippen LogP contribution in [-0.2, 0) is 7.05 Å². The molecule has 0 aromatic carbocycles. The van der Waals surface area contributed by atoms with Gasteiger partial charge in [-0.1, -0.05) is 20.4 Å². The molecule has 0 aliphatic rings. The molecule has 0 radical (unpaired) electrons. The number of aryl methyl sites for hydroxylation is 1. The fourth-order valence-corrected chi connectivity index (χ4v) is 0.712. The Morgan fingerprint density at radius 1 is 1.36 bits per heavy atom. The summed E-state index contributed by atoms with van der Waals surface area (Å²) < 4.78 is 1.87. The van der Waals surface area contributed by atoms with E-state index in [4.69, 9.17) is 6.57 Å². The molecule has 0 aliphatic heterocycles. The highest BCUT2D eigenvalue weighted by Gasteiger charge is 1.97. The predicted octanol–water partition coefficient (Wildman–Crippen LogP) is 2.91. The van der Waals surface area contributed by atoms with Crippen molar-refractivity contribution >= 4 is 5.82 Å². The van der Waals surface area contributed by atoms with Crippen molar-refractivity contribution in [3.63, 3.8) is 0 Å². The van der Waals surface area contributed by atoms with Crippen molar-refractivity contribution in [2.75, 3.05) is 0 Å². The van der Waals surface area contributed by atoms with Crippen molar-refractivity contribution < 1.29 is 0 Å². The lowest BCUT2D eigenvalue weighted by Gasteiger charge is -1.92. The van der Waals surface area contributed by atoms with E-state index in [1.54, 1.807) is 0 Å². The average Bonchev–Trinajstić information content (AvgIpc) is 2.37. The zero-order valence-electron chi connectivity index (χ0n) is 7.55. The molecule has 1 rings (SSSR count). The number of nitrogens with zero attached hydrogens (tertiary/aromatic N) is 2. The number of aromatic nitrogens is 1. The lowest BCUT2D eigenvalue weighted by Crippen LogP contribution is -1.86. The van der Waals surface area contributed by atoms with Crippen LogP contribution in [0.15, 0.2) is 12.1 Å². The first-order valence-corrected chi connectivity index (χ1v) is 3.75. The Morgan fingerprint density at radius 3 is 2.09 bits per heavy atom. The molecule has 1 aromatic heterocycles. The number of hydrogen-bond acceptors (Lipinski definition) is 0. The van der Waals surface area contributed by atoms with E-state index in [0.717, 1.165) is 5.69 Å². The van der Waals surface area contributed by atoms with Crippen LogP contribution in [-0.4, -0.2) is 4.57 Å². The van der Waals surface area contributed by atoms with E-state index in [0.29, 0.717) is 5.82 Å². The number of rotatable bonds is 0. The Hall–Kier alpha value is -1.23. The molecular formula is C9H14N2. The molecule has 0 saturated heterocycles. The average molecular weight is 150 g/mol. The maximum atomic E-state index is 6.70. The smallest absolute Gasteiger partial charge is 0.230 e. The van der Waals surface area contributed by atoms with E-state index >= 15 is 0 Å². The SMILES string of the molecule is CC.[C-]#[N+]c1ccc(C)n1C. The molecule has 0 atom stereocenters. The summed E-state index contributed by atoms with van der Waals surface area (Å²) in [5.74, 6) is 0.701. The molecule has 0 amide bonds. The lowest BCUT2D eigenvalue weighted by atomic mass is 10.5. The summed E-state index contributed by atoms with van der Waals surface area (Å²) in [7, 11) is 1.89. The summed E-state index contributed by atoms with van der Waals surface area (Å²) in [5, 5.41) is 0. The predicted molar refractivity (Wildman–Crippen MR) is 47.8 cm³/mol.